The van der Waals surface area contributed by atoms with Gasteiger partial charge in [-0.25, -0.2) is 4.98 Å². The molecule has 1 saturated heterocycles. The van der Waals surface area contributed by atoms with Crippen molar-refractivity contribution in [1.29, 1.82) is 0 Å². The Morgan fingerprint density at radius 3 is 3.00 bits per heavy atom. The highest BCUT2D eigenvalue weighted by atomic mass is 79.9. The predicted molar refractivity (Wildman–Crippen MR) is 74.9 cm³/mol. The first-order valence-corrected chi connectivity index (χ1v) is 7.32. The van der Waals surface area contributed by atoms with Crippen LogP contribution in [0.1, 0.15) is 44.7 Å². The van der Waals surface area contributed by atoms with Crippen LogP contribution < -0.4 is 0 Å². The van der Waals surface area contributed by atoms with Crippen LogP contribution in [0.2, 0.25) is 0 Å². The number of hydrogen-bond donors (Lipinski definition) is 0. The molecule has 3 heteroatoms. The first kappa shape index (κ1) is 13.0. The zero-order chi connectivity index (χ0) is 12.3. The van der Waals surface area contributed by atoms with Gasteiger partial charge in [-0.2, -0.15) is 0 Å². The lowest BCUT2D eigenvalue weighted by Crippen LogP contribution is -2.36. The van der Waals surface area contributed by atoms with Crippen molar-refractivity contribution in [3.8, 4) is 0 Å². The fourth-order valence-corrected chi connectivity index (χ4v) is 3.19. The van der Waals surface area contributed by atoms with Crippen molar-refractivity contribution < 1.29 is 0 Å². The lowest BCUT2D eigenvalue weighted by Gasteiger charge is -2.37. The third-order valence-electron chi connectivity index (χ3n) is 3.36. The van der Waals surface area contributed by atoms with Crippen LogP contribution in [0.4, 0.5) is 0 Å². The van der Waals surface area contributed by atoms with Gasteiger partial charge in [-0.1, -0.05) is 26.3 Å². The van der Waals surface area contributed by atoms with Crippen LogP contribution in [0.3, 0.4) is 0 Å². The molecule has 0 N–H and O–H groups in total. The number of pyridine rings is 1. The quantitative estimate of drug-likeness (QED) is 0.783. The van der Waals surface area contributed by atoms with Crippen LogP contribution in [0.15, 0.2) is 22.9 Å². The van der Waals surface area contributed by atoms with Crippen molar-refractivity contribution in [2.45, 2.75) is 39.2 Å². The van der Waals surface area contributed by atoms with E-state index in [2.05, 4.69) is 45.7 Å². The minimum atomic E-state index is 0.550. The van der Waals surface area contributed by atoms with E-state index in [9.17, 15) is 0 Å². The molecule has 1 aromatic rings. The third-order valence-corrected chi connectivity index (χ3v) is 4.02. The normalized spacial score (nSPS) is 22.0. The highest BCUT2D eigenvalue weighted by Gasteiger charge is 2.25. The van der Waals surface area contributed by atoms with E-state index in [1.54, 1.807) is 0 Å². The molecule has 0 radical (unpaired) electrons. The number of rotatable bonds is 3. The predicted octanol–water partition coefficient (Wildman–Crippen LogP) is 4.03. The summed E-state index contributed by atoms with van der Waals surface area (Å²) in [6.45, 7) is 7.00. The lowest BCUT2D eigenvalue weighted by molar-refractivity contribution is 0.131. The van der Waals surface area contributed by atoms with Gasteiger partial charge in [-0.05, 0) is 47.3 Å². The van der Waals surface area contributed by atoms with Crippen molar-refractivity contribution in [1.82, 2.24) is 9.88 Å². The second kappa shape index (κ2) is 5.96. The average Bonchev–Trinajstić information content (AvgIpc) is 2.30. The third kappa shape index (κ3) is 3.29. The molecule has 1 atom stereocenters. The molecule has 0 unspecified atom stereocenters. The first-order valence-electron chi connectivity index (χ1n) is 6.53. The van der Waals surface area contributed by atoms with Crippen LogP contribution in [-0.4, -0.2) is 23.0 Å². The standard InChI is InChI=1S/C14H21BrN2/c1-11(2)10-17-9-4-3-7-13(17)12-6-5-8-16-14(12)15/h5-6,8,11,13H,3-4,7,9-10H2,1-2H3/t13-/m1/s1. The van der Waals surface area contributed by atoms with Crippen molar-refractivity contribution in [2.24, 2.45) is 5.92 Å². The van der Waals surface area contributed by atoms with Gasteiger partial charge in [0.2, 0.25) is 0 Å². The highest BCUT2D eigenvalue weighted by Crippen LogP contribution is 2.34. The fraction of sp³-hybridized carbons (Fsp3) is 0.643. The molecule has 0 aliphatic carbocycles. The maximum absolute atomic E-state index is 4.36. The second-order valence-corrected chi connectivity index (χ2v) is 6.03. The Hall–Kier alpha value is -0.410. The summed E-state index contributed by atoms with van der Waals surface area (Å²) in [6.07, 6.45) is 5.78. The minimum Gasteiger partial charge on any atom is -0.296 e. The van der Waals surface area contributed by atoms with E-state index in [1.807, 2.05) is 12.3 Å². The Labute approximate surface area is 113 Å². The molecule has 1 aliphatic rings. The Kier molecular flexibility index (Phi) is 4.57. The van der Waals surface area contributed by atoms with E-state index in [-0.39, 0.29) is 0 Å². The van der Waals surface area contributed by atoms with Crippen LogP contribution in [0.25, 0.3) is 0 Å². The largest absolute Gasteiger partial charge is 0.296 e. The molecular weight excluding hydrogens is 276 g/mol. The van der Waals surface area contributed by atoms with Gasteiger partial charge in [-0.15, -0.1) is 0 Å². The number of nitrogens with zero attached hydrogens (tertiary/aromatic N) is 2. The zero-order valence-corrected chi connectivity index (χ0v) is 12.3. The highest BCUT2D eigenvalue weighted by molar-refractivity contribution is 9.10. The van der Waals surface area contributed by atoms with E-state index in [1.165, 1.54) is 37.9 Å². The molecule has 2 nitrogen and oxygen atoms in total. The smallest absolute Gasteiger partial charge is 0.110 e. The molecule has 0 spiro atoms. The zero-order valence-electron chi connectivity index (χ0n) is 10.7. The van der Waals surface area contributed by atoms with Crippen molar-refractivity contribution >= 4 is 15.9 Å². The molecular formula is C14H21BrN2. The Morgan fingerprint density at radius 1 is 1.47 bits per heavy atom. The van der Waals surface area contributed by atoms with Gasteiger partial charge in [0.1, 0.15) is 4.60 Å². The van der Waals surface area contributed by atoms with Gasteiger partial charge in [-0.3, -0.25) is 4.90 Å². The molecule has 2 rings (SSSR count). The van der Waals surface area contributed by atoms with E-state index in [0.717, 1.165) is 10.5 Å². The number of aromatic nitrogens is 1. The van der Waals surface area contributed by atoms with Crippen molar-refractivity contribution in [3.05, 3.63) is 28.5 Å². The van der Waals surface area contributed by atoms with Gasteiger partial charge >= 0.3 is 0 Å². The van der Waals surface area contributed by atoms with Crippen LogP contribution >= 0.6 is 15.9 Å². The Morgan fingerprint density at radius 2 is 2.29 bits per heavy atom. The maximum Gasteiger partial charge on any atom is 0.110 e. The summed E-state index contributed by atoms with van der Waals surface area (Å²) in [5, 5.41) is 0. The van der Waals surface area contributed by atoms with Crippen LogP contribution in [0.5, 0.6) is 0 Å². The molecule has 0 aromatic carbocycles. The summed E-state index contributed by atoms with van der Waals surface area (Å²) in [5.41, 5.74) is 1.35. The lowest BCUT2D eigenvalue weighted by atomic mass is 9.95. The molecule has 1 fully saturated rings. The number of piperidine rings is 1. The molecule has 17 heavy (non-hydrogen) atoms. The Balaban J connectivity index is 2.19. The van der Waals surface area contributed by atoms with Crippen LogP contribution in [-0.2, 0) is 0 Å². The van der Waals surface area contributed by atoms with Gasteiger partial charge in [0.05, 0.1) is 0 Å². The average molecular weight is 297 g/mol. The molecule has 0 bridgehead atoms. The van der Waals surface area contributed by atoms with Gasteiger partial charge < -0.3 is 0 Å². The summed E-state index contributed by atoms with van der Waals surface area (Å²) in [7, 11) is 0. The van der Waals surface area contributed by atoms with E-state index in [4.69, 9.17) is 0 Å². The fourth-order valence-electron chi connectivity index (χ4n) is 2.68. The molecule has 0 amide bonds. The Bertz CT molecular complexity index is 365. The number of halogens is 1. The van der Waals surface area contributed by atoms with Crippen molar-refractivity contribution in [3.63, 3.8) is 0 Å². The summed E-state index contributed by atoms with van der Waals surface area (Å²) in [6, 6.07) is 4.80. The second-order valence-electron chi connectivity index (χ2n) is 5.28. The maximum atomic E-state index is 4.36. The van der Waals surface area contributed by atoms with Gasteiger partial charge in [0.15, 0.2) is 0 Å². The SMILES string of the molecule is CC(C)CN1CCCC[C@@H]1c1cccnc1Br. The van der Waals surface area contributed by atoms with Gasteiger partial charge in [0.25, 0.3) is 0 Å². The summed E-state index contributed by atoms with van der Waals surface area (Å²) >= 11 is 3.59. The summed E-state index contributed by atoms with van der Waals surface area (Å²) in [4.78, 5) is 6.98. The van der Waals surface area contributed by atoms with E-state index in [0.29, 0.717) is 6.04 Å². The monoisotopic (exact) mass is 296 g/mol. The molecule has 1 aromatic heterocycles. The minimum absolute atomic E-state index is 0.550. The van der Waals surface area contributed by atoms with E-state index >= 15 is 0 Å². The summed E-state index contributed by atoms with van der Waals surface area (Å²) in [5.74, 6) is 0.728. The van der Waals surface area contributed by atoms with Crippen molar-refractivity contribution in [2.75, 3.05) is 13.1 Å². The molecule has 2 heterocycles. The first-order chi connectivity index (χ1) is 8.18. The molecule has 1 aliphatic heterocycles. The van der Waals surface area contributed by atoms with Crippen LogP contribution in [0, 0.1) is 5.92 Å². The number of likely N-dealkylation sites (tertiary alicyclic amines) is 1. The number of hydrogen-bond acceptors (Lipinski definition) is 2. The molecule has 0 saturated carbocycles. The van der Waals surface area contributed by atoms with Gasteiger partial charge in [0, 0.05) is 24.3 Å². The van der Waals surface area contributed by atoms with E-state index < -0.39 is 0 Å². The topological polar surface area (TPSA) is 16.1 Å². The summed E-state index contributed by atoms with van der Waals surface area (Å²) < 4.78 is 1.01. The molecule has 94 valence electrons.